The zero-order valence-corrected chi connectivity index (χ0v) is 17.2. The van der Waals surface area contributed by atoms with E-state index in [9.17, 15) is 0 Å². The lowest BCUT2D eigenvalue weighted by molar-refractivity contribution is 0.0258. The molecule has 1 unspecified atom stereocenters. The summed E-state index contributed by atoms with van der Waals surface area (Å²) in [6.07, 6.45) is 2.11. The van der Waals surface area contributed by atoms with Gasteiger partial charge in [-0.25, -0.2) is 0 Å². The molecule has 0 aliphatic rings. The lowest BCUT2D eigenvalue weighted by Gasteiger charge is -2.21. The topological polar surface area (TPSA) is 71.7 Å². The predicted molar refractivity (Wildman–Crippen MR) is 104 cm³/mol. The van der Waals surface area contributed by atoms with Crippen LogP contribution in [0.5, 0.6) is 0 Å². The lowest BCUT2D eigenvalue weighted by Crippen LogP contribution is -2.38. The number of hydrogen-bond donors (Lipinski definition) is 2. The van der Waals surface area contributed by atoms with Gasteiger partial charge < -0.3 is 19.9 Å². The molecule has 0 aliphatic carbocycles. The molecule has 0 saturated heterocycles. The fraction of sp³-hybridized carbons (Fsp3) is 0.750. The Hall–Kier alpha value is -0.830. The number of aliphatic imine (C=N–C) groups is 1. The number of halogens is 1. The number of aromatic nitrogens is 1. The molecule has 1 atom stereocenters. The van der Waals surface area contributed by atoms with Crippen LogP contribution in [0.2, 0.25) is 0 Å². The molecular weight excluding hydrogens is 407 g/mol. The summed E-state index contributed by atoms with van der Waals surface area (Å²) in [7, 11) is 1.76. The van der Waals surface area contributed by atoms with Gasteiger partial charge in [0.2, 0.25) is 0 Å². The molecule has 0 aromatic carbocycles. The Bertz CT molecular complexity index is 449. The fourth-order valence-electron chi connectivity index (χ4n) is 2.15. The largest absolute Gasteiger partial charge is 0.378 e. The van der Waals surface area contributed by atoms with E-state index in [1.165, 1.54) is 0 Å². The van der Waals surface area contributed by atoms with Gasteiger partial charge in [0.05, 0.1) is 18.3 Å². The summed E-state index contributed by atoms with van der Waals surface area (Å²) < 4.78 is 11.0. The van der Waals surface area contributed by atoms with Crippen molar-refractivity contribution in [3.8, 4) is 0 Å². The fourth-order valence-corrected chi connectivity index (χ4v) is 2.15. The zero-order valence-electron chi connectivity index (χ0n) is 14.9. The van der Waals surface area contributed by atoms with Crippen molar-refractivity contribution in [3.63, 3.8) is 0 Å². The number of guanidine groups is 1. The van der Waals surface area contributed by atoms with Gasteiger partial charge in [0.15, 0.2) is 11.7 Å². The molecule has 134 valence electrons. The van der Waals surface area contributed by atoms with E-state index in [-0.39, 0.29) is 30.1 Å². The van der Waals surface area contributed by atoms with Crippen LogP contribution < -0.4 is 10.6 Å². The highest BCUT2D eigenvalue weighted by atomic mass is 127. The molecule has 2 N–H and O–H groups in total. The number of aryl methyl sites for hydroxylation is 1. The molecule has 0 fully saturated rings. The maximum absolute atomic E-state index is 5.74. The van der Waals surface area contributed by atoms with Crippen LogP contribution in [0.1, 0.15) is 45.6 Å². The first-order chi connectivity index (χ1) is 10.6. The average Bonchev–Trinajstić information content (AvgIpc) is 2.97. The van der Waals surface area contributed by atoms with Crippen LogP contribution in [0.15, 0.2) is 15.6 Å². The number of nitrogens with one attached hydrogen (secondary N) is 2. The monoisotopic (exact) mass is 438 g/mol. The molecule has 0 saturated carbocycles. The summed E-state index contributed by atoms with van der Waals surface area (Å²) in [6, 6.07) is 1.96. The molecule has 1 aromatic heterocycles. The summed E-state index contributed by atoms with van der Waals surface area (Å²) in [6.45, 7) is 10.6. The van der Waals surface area contributed by atoms with Crippen LogP contribution in [-0.4, -0.2) is 37.4 Å². The second-order valence-electron chi connectivity index (χ2n) is 5.52. The minimum Gasteiger partial charge on any atom is -0.378 e. The first-order valence-corrected chi connectivity index (χ1v) is 8.11. The summed E-state index contributed by atoms with van der Waals surface area (Å²) in [4.78, 5) is 4.21. The van der Waals surface area contributed by atoms with Crippen molar-refractivity contribution in [2.75, 3.05) is 20.2 Å². The van der Waals surface area contributed by atoms with Crippen LogP contribution in [0, 0.1) is 5.92 Å². The Morgan fingerprint density at radius 2 is 2.09 bits per heavy atom. The molecule has 0 bridgehead atoms. The Morgan fingerprint density at radius 3 is 2.61 bits per heavy atom. The van der Waals surface area contributed by atoms with E-state index in [1.54, 1.807) is 7.05 Å². The molecule has 6 nitrogen and oxygen atoms in total. The van der Waals surface area contributed by atoms with Gasteiger partial charge in [0.25, 0.3) is 0 Å². The first kappa shape index (κ1) is 22.2. The maximum atomic E-state index is 5.74. The Labute approximate surface area is 156 Å². The van der Waals surface area contributed by atoms with Crippen molar-refractivity contribution in [2.45, 2.75) is 53.2 Å². The average molecular weight is 438 g/mol. The molecule has 1 aromatic rings. The lowest BCUT2D eigenvalue weighted by atomic mass is 10.0. The zero-order chi connectivity index (χ0) is 16.4. The van der Waals surface area contributed by atoms with Gasteiger partial charge >= 0.3 is 0 Å². The van der Waals surface area contributed by atoms with Crippen LogP contribution in [-0.2, 0) is 17.7 Å². The predicted octanol–water partition coefficient (Wildman–Crippen LogP) is 2.97. The summed E-state index contributed by atoms with van der Waals surface area (Å²) in [5.74, 6) is 2.08. The van der Waals surface area contributed by atoms with Gasteiger partial charge in [0.1, 0.15) is 0 Å². The van der Waals surface area contributed by atoms with Crippen molar-refractivity contribution in [1.29, 1.82) is 0 Å². The second kappa shape index (κ2) is 12.6. The van der Waals surface area contributed by atoms with Gasteiger partial charge in [-0.1, -0.05) is 25.9 Å². The third-order valence-corrected chi connectivity index (χ3v) is 3.47. The highest BCUT2D eigenvalue weighted by Crippen LogP contribution is 2.10. The van der Waals surface area contributed by atoms with E-state index in [1.807, 2.05) is 13.0 Å². The molecule has 7 heteroatoms. The van der Waals surface area contributed by atoms with Gasteiger partial charge in [-0.05, 0) is 25.7 Å². The van der Waals surface area contributed by atoms with Crippen LogP contribution >= 0.6 is 24.0 Å². The second-order valence-corrected chi connectivity index (χ2v) is 5.52. The highest BCUT2D eigenvalue weighted by molar-refractivity contribution is 14.0. The van der Waals surface area contributed by atoms with E-state index < -0.39 is 0 Å². The van der Waals surface area contributed by atoms with Crippen molar-refractivity contribution < 1.29 is 9.26 Å². The third kappa shape index (κ3) is 8.55. The van der Waals surface area contributed by atoms with E-state index >= 15 is 0 Å². The van der Waals surface area contributed by atoms with Crippen molar-refractivity contribution >= 4 is 29.9 Å². The van der Waals surface area contributed by atoms with Gasteiger partial charge in [0, 0.05) is 26.3 Å². The molecule has 23 heavy (non-hydrogen) atoms. The summed E-state index contributed by atoms with van der Waals surface area (Å²) >= 11 is 0. The number of nitrogens with zero attached hydrogens (tertiary/aromatic N) is 2. The van der Waals surface area contributed by atoms with Crippen molar-refractivity contribution in [2.24, 2.45) is 10.9 Å². The highest BCUT2D eigenvalue weighted by Gasteiger charge is 2.13. The normalized spacial score (nSPS) is 12.9. The van der Waals surface area contributed by atoms with Gasteiger partial charge in [-0.2, -0.15) is 0 Å². The number of rotatable bonds is 9. The van der Waals surface area contributed by atoms with Crippen LogP contribution in [0.3, 0.4) is 0 Å². The van der Waals surface area contributed by atoms with E-state index in [0.29, 0.717) is 12.5 Å². The van der Waals surface area contributed by atoms with Crippen molar-refractivity contribution in [1.82, 2.24) is 15.8 Å². The molecule has 1 heterocycles. The van der Waals surface area contributed by atoms with E-state index in [0.717, 1.165) is 43.4 Å². The first-order valence-electron chi connectivity index (χ1n) is 8.11. The Balaban J connectivity index is 0.00000484. The van der Waals surface area contributed by atoms with Gasteiger partial charge in [-0.3, -0.25) is 4.99 Å². The van der Waals surface area contributed by atoms with E-state index in [2.05, 4.69) is 41.6 Å². The molecule has 0 amide bonds. The molecule has 1 rings (SSSR count). The molecule has 0 aliphatic heterocycles. The number of ether oxygens (including phenoxy) is 1. The SMILES string of the molecule is CCOC(CCNC(=NC)NCc1cc(CC)no1)C(C)C.I. The standard InChI is InChI=1S/C16H30N4O2.HI/c1-6-13-10-14(22-20-13)11-19-16(17-5)18-9-8-15(12(3)4)21-7-2;/h10,12,15H,6-9,11H2,1-5H3,(H2,17,18,19);1H. The molecular formula is C16H31IN4O2. The van der Waals surface area contributed by atoms with Crippen LogP contribution in [0.4, 0.5) is 0 Å². The minimum atomic E-state index is 0. The number of hydrogen-bond acceptors (Lipinski definition) is 4. The minimum absolute atomic E-state index is 0. The van der Waals surface area contributed by atoms with E-state index in [4.69, 9.17) is 9.26 Å². The van der Waals surface area contributed by atoms with Crippen LogP contribution in [0.25, 0.3) is 0 Å². The smallest absolute Gasteiger partial charge is 0.191 e. The Kier molecular flexibility index (Phi) is 12.1. The van der Waals surface area contributed by atoms with Gasteiger partial charge in [-0.15, -0.1) is 24.0 Å². The quantitative estimate of drug-likeness (QED) is 0.353. The Morgan fingerprint density at radius 1 is 1.35 bits per heavy atom. The molecule has 0 spiro atoms. The summed E-state index contributed by atoms with van der Waals surface area (Å²) in [5, 5.41) is 10.5. The summed E-state index contributed by atoms with van der Waals surface area (Å²) in [5.41, 5.74) is 0.969. The maximum Gasteiger partial charge on any atom is 0.191 e. The molecule has 0 radical (unpaired) electrons. The van der Waals surface area contributed by atoms with Crippen molar-refractivity contribution in [3.05, 3.63) is 17.5 Å². The third-order valence-electron chi connectivity index (χ3n) is 3.47.